The molecule has 2 heterocycles. The van der Waals surface area contributed by atoms with Gasteiger partial charge in [-0.25, -0.2) is 0 Å². The number of likely N-dealkylation sites (tertiary alicyclic amines) is 1. The molecule has 4 aromatic rings. The molecule has 1 aliphatic heterocycles. The first-order valence-corrected chi connectivity index (χ1v) is 12.7. The number of hydrogen-bond acceptors (Lipinski definition) is 5. The SMILES string of the molecule is COc1cccc(-c2ccc3c(C=Nc4ccc(OCCCN5CCCCC5)cc4)c(O)[nH]c3c2)c1. The second-order valence-electron chi connectivity index (χ2n) is 9.24. The Morgan fingerprint density at radius 2 is 1.75 bits per heavy atom. The van der Waals surface area contributed by atoms with Crippen LogP contribution < -0.4 is 9.47 Å². The average molecular weight is 484 g/mol. The summed E-state index contributed by atoms with van der Waals surface area (Å²) >= 11 is 0. The molecule has 186 valence electrons. The van der Waals surface area contributed by atoms with Crippen molar-refractivity contribution in [2.45, 2.75) is 25.7 Å². The molecule has 1 saturated heterocycles. The maximum atomic E-state index is 10.5. The van der Waals surface area contributed by atoms with E-state index < -0.39 is 0 Å². The first-order chi connectivity index (χ1) is 17.7. The largest absolute Gasteiger partial charge is 0.497 e. The Labute approximate surface area is 212 Å². The molecule has 0 bridgehead atoms. The zero-order chi connectivity index (χ0) is 24.7. The van der Waals surface area contributed by atoms with Gasteiger partial charge < -0.3 is 24.5 Å². The number of aromatic nitrogens is 1. The minimum atomic E-state index is 0.102. The van der Waals surface area contributed by atoms with Crippen LogP contribution in [0, 0.1) is 0 Å². The lowest BCUT2D eigenvalue weighted by molar-refractivity contribution is 0.205. The minimum absolute atomic E-state index is 0.102. The van der Waals surface area contributed by atoms with E-state index in [0.717, 1.165) is 58.8 Å². The summed E-state index contributed by atoms with van der Waals surface area (Å²) in [6, 6.07) is 21.8. The van der Waals surface area contributed by atoms with Gasteiger partial charge in [0.25, 0.3) is 0 Å². The third-order valence-electron chi connectivity index (χ3n) is 6.74. The van der Waals surface area contributed by atoms with Crippen molar-refractivity contribution in [3.8, 4) is 28.5 Å². The van der Waals surface area contributed by atoms with E-state index in [9.17, 15) is 5.11 Å². The van der Waals surface area contributed by atoms with E-state index in [4.69, 9.17) is 9.47 Å². The van der Waals surface area contributed by atoms with Crippen LogP contribution in [0.4, 0.5) is 5.69 Å². The molecule has 5 rings (SSSR count). The third kappa shape index (κ3) is 5.71. The molecule has 36 heavy (non-hydrogen) atoms. The molecule has 1 aromatic heterocycles. The molecule has 0 spiro atoms. The number of H-pyrrole nitrogens is 1. The van der Waals surface area contributed by atoms with Crippen LogP contribution in [0.15, 0.2) is 71.7 Å². The Morgan fingerprint density at radius 3 is 2.56 bits per heavy atom. The van der Waals surface area contributed by atoms with Crippen LogP contribution in [-0.2, 0) is 0 Å². The van der Waals surface area contributed by atoms with Crippen LogP contribution in [0.3, 0.4) is 0 Å². The standard InChI is InChI=1S/C30H33N3O3/c1-35-26-8-5-7-22(19-26)23-9-14-27-28(30(34)32-29(27)20-23)21-31-24-10-12-25(13-11-24)36-18-6-17-33-15-3-2-4-16-33/h5,7-14,19-21,32,34H,2-4,6,15-18H2,1H3. The van der Waals surface area contributed by atoms with Crippen LogP contribution in [0.2, 0.25) is 0 Å². The number of benzene rings is 3. The van der Waals surface area contributed by atoms with Crippen molar-refractivity contribution in [2.75, 3.05) is 33.4 Å². The van der Waals surface area contributed by atoms with Crippen molar-refractivity contribution >= 4 is 22.8 Å². The Bertz CT molecular complexity index is 1320. The van der Waals surface area contributed by atoms with E-state index in [1.807, 2.05) is 66.7 Å². The maximum Gasteiger partial charge on any atom is 0.198 e. The summed E-state index contributed by atoms with van der Waals surface area (Å²) in [6.45, 7) is 4.28. The molecule has 6 heteroatoms. The van der Waals surface area contributed by atoms with E-state index in [1.165, 1.54) is 32.4 Å². The van der Waals surface area contributed by atoms with Gasteiger partial charge in [0.05, 0.1) is 25.0 Å². The maximum absolute atomic E-state index is 10.5. The Morgan fingerprint density at radius 1 is 0.944 bits per heavy atom. The van der Waals surface area contributed by atoms with Gasteiger partial charge in [-0.3, -0.25) is 4.99 Å². The van der Waals surface area contributed by atoms with E-state index in [1.54, 1.807) is 13.3 Å². The fourth-order valence-corrected chi connectivity index (χ4v) is 4.75. The lowest BCUT2D eigenvalue weighted by atomic mass is 10.0. The molecule has 1 fully saturated rings. The zero-order valence-electron chi connectivity index (χ0n) is 20.7. The van der Waals surface area contributed by atoms with Crippen molar-refractivity contribution in [1.82, 2.24) is 9.88 Å². The van der Waals surface area contributed by atoms with Crippen LogP contribution in [0.25, 0.3) is 22.0 Å². The molecule has 0 aliphatic carbocycles. The highest BCUT2D eigenvalue weighted by Gasteiger charge is 2.11. The molecular formula is C30H33N3O3. The predicted octanol–water partition coefficient (Wildman–Crippen LogP) is 6.55. The molecule has 0 unspecified atom stereocenters. The number of aromatic amines is 1. The fraction of sp³-hybridized carbons (Fsp3) is 0.300. The van der Waals surface area contributed by atoms with Crippen molar-refractivity contribution in [3.63, 3.8) is 0 Å². The monoisotopic (exact) mass is 483 g/mol. The van der Waals surface area contributed by atoms with Crippen molar-refractivity contribution in [2.24, 2.45) is 4.99 Å². The van der Waals surface area contributed by atoms with E-state index in [-0.39, 0.29) is 5.88 Å². The Kier molecular flexibility index (Phi) is 7.52. The number of nitrogens with one attached hydrogen (secondary N) is 1. The van der Waals surface area contributed by atoms with Gasteiger partial charge in [0.1, 0.15) is 11.5 Å². The molecule has 1 aliphatic rings. The van der Waals surface area contributed by atoms with Crippen molar-refractivity contribution < 1.29 is 14.6 Å². The normalized spacial score (nSPS) is 14.5. The highest BCUT2D eigenvalue weighted by molar-refractivity contribution is 6.03. The molecule has 0 amide bonds. The predicted molar refractivity (Wildman–Crippen MR) is 146 cm³/mol. The van der Waals surface area contributed by atoms with Crippen LogP contribution >= 0.6 is 0 Å². The Balaban J connectivity index is 1.22. The number of piperidine rings is 1. The number of nitrogens with zero attached hydrogens (tertiary/aromatic N) is 2. The smallest absolute Gasteiger partial charge is 0.198 e. The average Bonchev–Trinajstić information content (AvgIpc) is 3.25. The number of ether oxygens (including phenoxy) is 2. The summed E-state index contributed by atoms with van der Waals surface area (Å²) in [4.78, 5) is 10.2. The van der Waals surface area contributed by atoms with E-state index in [2.05, 4.69) is 14.9 Å². The van der Waals surface area contributed by atoms with Gasteiger partial charge in [-0.05, 0) is 85.9 Å². The summed E-state index contributed by atoms with van der Waals surface area (Å²) in [5.74, 6) is 1.77. The van der Waals surface area contributed by atoms with E-state index >= 15 is 0 Å². The molecular weight excluding hydrogens is 450 g/mol. The molecule has 0 saturated carbocycles. The highest BCUT2D eigenvalue weighted by Crippen LogP contribution is 2.31. The number of aromatic hydroxyl groups is 1. The van der Waals surface area contributed by atoms with Gasteiger partial charge in [0.2, 0.25) is 0 Å². The summed E-state index contributed by atoms with van der Waals surface area (Å²) in [7, 11) is 1.66. The first-order valence-electron chi connectivity index (χ1n) is 12.7. The molecule has 0 atom stereocenters. The summed E-state index contributed by atoms with van der Waals surface area (Å²) in [6.07, 6.45) is 6.76. The lowest BCUT2D eigenvalue weighted by Crippen LogP contribution is -2.31. The topological polar surface area (TPSA) is 70.1 Å². The molecule has 3 aromatic carbocycles. The van der Waals surface area contributed by atoms with Crippen LogP contribution in [-0.4, -0.2) is 54.6 Å². The number of rotatable bonds is 9. The van der Waals surface area contributed by atoms with Crippen molar-refractivity contribution in [3.05, 3.63) is 72.3 Å². The van der Waals surface area contributed by atoms with E-state index in [0.29, 0.717) is 5.56 Å². The van der Waals surface area contributed by atoms with Gasteiger partial charge in [0.15, 0.2) is 5.88 Å². The van der Waals surface area contributed by atoms with Gasteiger partial charge in [-0.2, -0.15) is 0 Å². The Hall–Kier alpha value is -3.77. The third-order valence-corrected chi connectivity index (χ3v) is 6.74. The molecule has 6 nitrogen and oxygen atoms in total. The van der Waals surface area contributed by atoms with Gasteiger partial charge in [-0.15, -0.1) is 0 Å². The summed E-state index contributed by atoms with van der Waals surface area (Å²) in [5.41, 5.74) is 4.41. The fourth-order valence-electron chi connectivity index (χ4n) is 4.75. The second-order valence-corrected chi connectivity index (χ2v) is 9.24. The summed E-state index contributed by atoms with van der Waals surface area (Å²) < 4.78 is 11.3. The molecule has 2 N–H and O–H groups in total. The second kappa shape index (κ2) is 11.3. The van der Waals surface area contributed by atoms with Gasteiger partial charge in [-0.1, -0.05) is 30.7 Å². The van der Waals surface area contributed by atoms with Gasteiger partial charge in [0, 0.05) is 23.7 Å². The summed E-state index contributed by atoms with van der Waals surface area (Å²) in [5, 5.41) is 11.4. The lowest BCUT2D eigenvalue weighted by Gasteiger charge is -2.26. The minimum Gasteiger partial charge on any atom is -0.497 e. The quantitative estimate of drug-likeness (QED) is 0.209. The van der Waals surface area contributed by atoms with Gasteiger partial charge >= 0.3 is 0 Å². The van der Waals surface area contributed by atoms with Crippen LogP contribution in [0.5, 0.6) is 17.4 Å². The zero-order valence-corrected chi connectivity index (χ0v) is 20.7. The van der Waals surface area contributed by atoms with Crippen LogP contribution in [0.1, 0.15) is 31.2 Å². The number of aliphatic imine (C=N–C) groups is 1. The first kappa shape index (κ1) is 23.9. The highest BCUT2D eigenvalue weighted by atomic mass is 16.5. The number of hydrogen-bond donors (Lipinski definition) is 2. The number of fused-ring (bicyclic) bond motifs is 1. The molecule has 0 radical (unpaired) electrons. The number of methoxy groups -OCH3 is 1. The van der Waals surface area contributed by atoms with Crippen molar-refractivity contribution in [1.29, 1.82) is 0 Å².